The summed E-state index contributed by atoms with van der Waals surface area (Å²) in [6.45, 7) is 4.20. The molecule has 0 amide bonds. The third kappa shape index (κ3) is 5.85. The maximum absolute atomic E-state index is 13.8. The molecule has 7 heteroatoms. The molecule has 0 aromatic heterocycles. The molecular formula is C18H18ClFN3OS+. The first-order chi connectivity index (χ1) is 12.1. The van der Waals surface area contributed by atoms with Crippen molar-refractivity contribution in [2.75, 3.05) is 6.54 Å². The summed E-state index contributed by atoms with van der Waals surface area (Å²) in [5, 5.41) is 6.57. The van der Waals surface area contributed by atoms with E-state index in [1.807, 2.05) is 18.2 Å². The van der Waals surface area contributed by atoms with Crippen LogP contribution in [-0.4, -0.2) is 17.9 Å². The van der Waals surface area contributed by atoms with Crippen LogP contribution in [0.1, 0.15) is 11.1 Å². The summed E-state index contributed by atoms with van der Waals surface area (Å²) in [5.41, 5.74) is 3.91. The van der Waals surface area contributed by atoms with Gasteiger partial charge in [-0.25, -0.2) is 4.39 Å². The Morgan fingerprint density at radius 2 is 2.08 bits per heavy atom. The molecule has 0 bridgehead atoms. The minimum absolute atomic E-state index is 0.0308. The van der Waals surface area contributed by atoms with Gasteiger partial charge in [-0.05, 0) is 36.5 Å². The molecule has 3 N–H and O–H groups in total. The number of hydrogen-bond acceptors (Lipinski definition) is 2. The van der Waals surface area contributed by atoms with Crippen LogP contribution < -0.4 is 20.6 Å². The number of rotatable bonds is 7. The lowest BCUT2D eigenvalue weighted by Crippen LogP contribution is -2.82. The molecule has 0 spiro atoms. The van der Waals surface area contributed by atoms with Gasteiger partial charge in [-0.3, -0.25) is 0 Å². The van der Waals surface area contributed by atoms with Crippen molar-refractivity contribution in [1.82, 2.24) is 10.7 Å². The van der Waals surface area contributed by atoms with Crippen molar-refractivity contribution in [3.63, 3.8) is 0 Å². The van der Waals surface area contributed by atoms with E-state index >= 15 is 0 Å². The fourth-order valence-corrected chi connectivity index (χ4v) is 2.30. The summed E-state index contributed by atoms with van der Waals surface area (Å²) in [6.07, 6.45) is 3.40. The molecular weight excluding hydrogens is 361 g/mol. The van der Waals surface area contributed by atoms with Crippen molar-refractivity contribution >= 4 is 35.1 Å². The van der Waals surface area contributed by atoms with Gasteiger partial charge in [-0.1, -0.05) is 35.9 Å². The molecule has 0 unspecified atom stereocenters. The molecule has 130 valence electrons. The summed E-state index contributed by atoms with van der Waals surface area (Å²) in [7, 11) is 0. The highest BCUT2D eigenvalue weighted by Crippen LogP contribution is 2.22. The van der Waals surface area contributed by atoms with Gasteiger partial charge in [0.25, 0.3) is 0 Å². The molecule has 0 radical (unpaired) electrons. The van der Waals surface area contributed by atoms with Crippen LogP contribution in [0.25, 0.3) is 0 Å². The molecule has 0 aliphatic rings. The fourth-order valence-electron chi connectivity index (χ4n) is 1.94. The van der Waals surface area contributed by atoms with Gasteiger partial charge in [-0.15, -0.1) is 17.1 Å². The molecule has 4 nitrogen and oxygen atoms in total. The molecule has 25 heavy (non-hydrogen) atoms. The van der Waals surface area contributed by atoms with Crippen LogP contribution in [-0.2, 0) is 6.61 Å². The summed E-state index contributed by atoms with van der Waals surface area (Å²) >= 11 is 11.1. The zero-order chi connectivity index (χ0) is 18.1. The average Bonchev–Trinajstić information content (AvgIpc) is 2.60. The van der Waals surface area contributed by atoms with E-state index in [1.54, 1.807) is 30.5 Å². The Morgan fingerprint density at radius 3 is 2.84 bits per heavy atom. The van der Waals surface area contributed by atoms with E-state index in [1.165, 1.54) is 6.07 Å². The van der Waals surface area contributed by atoms with E-state index in [0.717, 1.165) is 5.56 Å². The van der Waals surface area contributed by atoms with E-state index in [4.69, 9.17) is 28.6 Å². The van der Waals surface area contributed by atoms with E-state index in [-0.39, 0.29) is 6.61 Å². The summed E-state index contributed by atoms with van der Waals surface area (Å²) in [4.78, 5) is 0. The molecule has 2 aromatic rings. The predicted octanol–water partition coefficient (Wildman–Crippen LogP) is 2.12. The van der Waals surface area contributed by atoms with Crippen LogP contribution in [0, 0.1) is 5.82 Å². The number of nitrogens with one attached hydrogen (secondary N) is 3. The Bertz CT molecular complexity index is 762. The largest absolute Gasteiger partial charge is 0.488 e. The molecule has 0 aliphatic heterocycles. The second-order valence-corrected chi connectivity index (χ2v) is 5.75. The monoisotopic (exact) mass is 378 g/mol. The highest BCUT2D eigenvalue weighted by Gasteiger charge is 2.09. The standard InChI is InChI=1S/C18H17ClFN3OS/c1-2-10-21-18(25)23-22-11-13-6-3-4-9-17(13)24-12-14-15(19)7-5-8-16(14)20/h2-9,11H,1,10,12H2,(H2,21,23,25)/p+1. The average molecular weight is 379 g/mol. The van der Waals surface area contributed by atoms with E-state index in [0.29, 0.717) is 28.0 Å². The zero-order valence-corrected chi connectivity index (χ0v) is 15.0. The first-order valence-electron chi connectivity index (χ1n) is 7.50. The molecule has 0 aliphatic carbocycles. The van der Waals surface area contributed by atoms with Gasteiger partial charge in [0.1, 0.15) is 18.2 Å². The number of benzene rings is 2. The van der Waals surface area contributed by atoms with Gasteiger partial charge in [0.2, 0.25) is 11.3 Å². The van der Waals surface area contributed by atoms with Gasteiger partial charge < -0.3 is 10.1 Å². The predicted molar refractivity (Wildman–Crippen MR) is 102 cm³/mol. The van der Waals surface area contributed by atoms with Gasteiger partial charge in [0, 0.05) is 12.1 Å². The first kappa shape index (κ1) is 18.9. The molecule has 0 fully saturated rings. The number of halogens is 2. The smallest absolute Gasteiger partial charge is 0.224 e. The maximum Gasteiger partial charge on any atom is 0.224 e. The lowest BCUT2D eigenvalue weighted by molar-refractivity contribution is -0.500. The third-order valence-corrected chi connectivity index (χ3v) is 3.77. The molecule has 0 atom stereocenters. The van der Waals surface area contributed by atoms with Crippen molar-refractivity contribution < 1.29 is 14.2 Å². The Morgan fingerprint density at radius 1 is 1.28 bits per heavy atom. The number of hydrogen-bond donors (Lipinski definition) is 3. The van der Waals surface area contributed by atoms with Gasteiger partial charge in [0.15, 0.2) is 0 Å². The molecule has 2 rings (SSSR count). The number of hydrazine groups is 1. The van der Waals surface area contributed by atoms with Crippen molar-refractivity contribution in [3.05, 3.63) is 77.1 Å². The summed E-state index contributed by atoms with van der Waals surface area (Å²) < 4.78 is 19.5. The Hall–Kier alpha value is -2.44. The first-order valence-corrected chi connectivity index (χ1v) is 8.28. The molecule has 2 aromatic carbocycles. The minimum Gasteiger partial charge on any atom is -0.488 e. The van der Waals surface area contributed by atoms with Gasteiger partial charge >= 0.3 is 0 Å². The number of hydrazone groups is 1. The highest BCUT2D eigenvalue weighted by molar-refractivity contribution is 7.80. The Kier molecular flexibility index (Phi) is 7.37. The molecule has 0 saturated carbocycles. The Labute approximate surface area is 156 Å². The van der Waals surface area contributed by atoms with Crippen LogP contribution in [0.15, 0.2) is 55.1 Å². The number of thiocarbonyl (C=S) groups is 1. The maximum atomic E-state index is 13.8. The van der Waals surface area contributed by atoms with E-state index < -0.39 is 5.82 Å². The van der Waals surface area contributed by atoms with Crippen molar-refractivity contribution in [2.45, 2.75) is 6.61 Å². The lowest BCUT2D eigenvalue weighted by Gasteiger charge is -2.10. The van der Waals surface area contributed by atoms with Crippen molar-refractivity contribution in [3.8, 4) is 5.75 Å². The normalized spacial score (nSPS) is 10.5. The fraction of sp³-hybridized carbons (Fsp3) is 0.111. The Balaban J connectivity index is 2.03. The molecule has 0 saturated heterocycles. The van der Waals surface area contributed by atoms with Crippen LogP contribution in [0.3, 0.4) is 0 Å². The van der Waals surface area contributed by atoms with Gasteiger partial charge in [-0.2, -0.15) is 0 Å². The topological polar surface area (TPSA) is 47.3 Å². The van der Waals surface area contributed by atoms with Crippen LogP contribution >= 0.6 is 23.8 Å². The minimum atomic E-state index is -0.396. The van der Waals surface area contributed by atoms with Crippen molar-refractivity contribution in [2.24, 2.45) is 0 Å². The lowest BCUT2D eigenvalue weighted by atomic mass is 10.2. The van der Waals surface area contributed by atoms with Gasteiger partial charge in [0.05, 0.1) is 10.6 Å². The zero-order valence-electron chi connectivity index (χ0n) is 13.4. The van der Waals surface area contributed by atoms with Crippen LogP contribution in [0.4, 0.5) is 4.39 Å². The van der Waals surface area contributed by atoms with E-state index in [2.05, 4.69) is 22.4 Å². The summed E-state index contributed by atoms with van der Waals surface area (Å²) in [5.74, 6) is 0.188. The summed E-state index contributed by atoms with van der Waals surface area (Å²) in [6, 6.07) is 11.9. The van der Waals surface area contributed by atoms with Crippen LogP contribution in [0.5, 0.6) is 5.75 Å². The number of ether oxygens (including phenoxy) is 1. The quantitative estimate of drug-likeness (QED) is 0.299. The third-order valence-electron chi connectivity index (χ3n) is 3.17. The van der Waals surface area contributed by atoms with E-state index in [9.17, 15) is 4.39 Å². The van der Waals surface area contributed by atoms with Crippen molar-refractivity contribution in [1.29, 1.82) is 0 Å². The number of para-hydroxylation sites is 1. The van der Waals surface area contributed by atoms with Crippen LogP contribution in [0.2, 0.25) is 5.02 Å². The second-order valence-electron chi connectivity index (χ2n) is 4.94. The highest BCUT2D eigenvalue weighted by atomic mass is 35.5. The molecule has 0 heterocycles. The SMILES string of the molecule is C=CCNC(=S)N[NH+]=Cc1ccccc1OCc1c(F)cccc1Cl. The second kappa shape index (κ2) is 9.76.